The van der Waals surface area contributed by atoms with Crippen molar-refractivity contribution in [3.8, 4) is 5.75 Å². The van der Waals surface area contributed by atoms with Crippen LogP contribution in [-0.2, 0) is 38.2 Å². The molecular formula is C22H16N4O13S4. The van der Waals surface area contributed by atoms with E-state index in [1.54, 1.807) is 36.4 Å². The second kappa shape index (κ2) is 15.5. The van der Waals surface area contributed by atoms with E-state index in [-0.39, 0.29) is 32.2 Å². The zero-order valence-electron chi connectivity index (χ0n) is 20.8. The molecule has 21 heteroatoms. The first-order valence-corrected chi connectivity index (χ1v) is 14.7. The Morgan fingerprint density at radius 3 is 1.98 bits per heavy atom. The molecule has 0 saturated carbocycles. The minimum atomic E-state index is -4.85. The molecule has 0 amide bonds. The first-order chi connectivity index (χ1) is 20.7. The number of phenolic OH excluding ortho intramolecular Hbond substituents is 1. The van der Waals surface area contributed by atoms with Crippen LogP contribution in [0.25, 0.3) is 10.8 Å². The SMILES string of the molecule is O=S(=O)(O)c1cc(N=Nc2ccc(SOOO)cc2)ccc1N=Nc1c(SOOO)cc2cccc(SOOO)c2c1O. The van der Waals surface area contributed by atoms with E-state index in [1.165, 1.54) is 24.3 Å². The van der Waals surface area contributed by atoms with Gasteiger partial charge in [-0.2, -0.15) is 18.6 Å². The van der Waals surface area contributed by atoms with Gasteiger partial charge in [-0.15, -0.1) is 23.2 Å². The van der Waals surface area contributed by atoms with Crippen molar-refractivity contribution < 1.29 is 62.0 Å². The number of benzene rings is 4. The maximum atomic E-state index is 12.2. The lowest BCUT2D eigenvalue weighted by molar-refractivity contribution is -0.432. The van der Waals surface area contributed by atoms with Crippen molar-refractivity contribution in [1.29, 1.82) is 0 Å². The largest absolute Gasteiger partial charge is 0.505 e. The zero-order valence-corrected chi connectivity index (χ0v) is 24.0. The Labute approximate surface area is 253 Å². The molecule has 0 unspecified atom stereocenters. The van der Waals surface area contributed by atoms with Gasteiger partial charge in [-0.05, 0) is 60.0 Å². The van der Waals surface area contributed by atoms with Gasteiger partial charge in [-0.1, -0.05) is 27.2 Å². The topological polar surface area (TPSA) is 240 Å². The summed E-state index contributed by atoms with van der Waals surface area (Å²) in [4.78, 5) is 0.261. The van der Waals surface area contributed by atoms with Crippen LogP contribution >= 0.6 is 36.1 Å². The van der Waals surface area contributed by atoms with Crippen molar-refractivity contribution in [1.82, 2.24) is 0 Å². The van der Waals surface area contributed by atoms with Crippen LogP contribution in [0.15, 0.2) is 107 Å². The minimum Gasteiger partial charge on any atom is -0.505 e. The molecule has 0 spiro atoms. The number of hydrogen-bond acceptors (Lipinski definition) is 19. The Kier molecular flexibility index (Phi) is 11.7. The number of aromatic hydroxyl groups is 1. The molecule has 17 nitrogen and oxygen atoms in total. The monoisotopic (exact) mass is 672 g/mol. The lowest BCUT2D eigenvalue weighted by atomic mass is 10.1. The molecule has 226 valence electrons. The van der Waals surface area contributed by atoms with E-state index in [0.29, 0.717) is 40.1 Å². The van der Waals surface area contributed by atoms with Gasteiger partial charge in [0.15, 0.2) is 5.75 Å². The van der Waals surface area contributed by atoms with Crippen LogP contribution in [-0.4, -0.2) is 33.8 Å². The Morgan fingerprint density at radius 1 is 0.674 bits per heavy atom. The lowest BCUT2D eigenvalue weighted by Gasteiger charge is -2.11. The summed E-state index contributed by atoms with van der Waals surface area (Å²) in [6.45, 7) is 0. The summed E-state index contributed by atoms with van der Waals surface area (Å²) in [5.74, 6) is -0.478. The minimum absolute atomic E-state index is 0.0353. The van der Waals surface area contributed by atoms with Crippen LogP contribution in [0.4, 0.5) is 22.7 Å². The van der Waals surface area contributed by atoms with E-state index >= 15 is 0 Å². The van der Waals surface area contributed by atoms with E-state index < -0.39 is 20.8 Å². The lowest BCUT2D eigenvalue weighted by Crippen LogP contribution is -1.98. The number of nitrogens with zero attached hydrogens (tertiary/aromatic N) is 4. The molecule has 4 rings (SSSR count). The highest BCUT2D eigenvalue weighted by molar-refractivity contribution is 7.95. The highest BCUT2D eigenvalue weighted by Crippen LogP contribution is 2.47. The maximum Gasteiger partial charge on any atom is 0.296 e. The van der Waals surface area contributed by atoms with Gasteiger partial charge in [-0.25, -0.2) is 15.8 Å². The van der Waals surface area contributed by atoms with Gasteiger partial charge in [0.2, 0.25) is 0 Å². The molecule has 0 heterocycles. The smallest absolute Gasteiger partial charge is 0.296 e. The van der Waals surface area contributed by atoms with Crippen LogP contribution in [0.5, 0.6) is 5.75 Å². The molecule has 0 aliphatic rings. The van der Waals surface area contributed by atoms with Crippen molar-refractivity contribution in [2.45, 2.75) is 19.6 Å². The third-order valence-electron chi connectivity index (χ3n) is 5.11. The molecule has 43 heavy (non-hydrogen) atoms. The first kappa shape index (κ1) is 32.6. The molecule has 0 aromatic heterocycles. The molecule has 0 aliphatic heterocycles. The van der Waals surface area contributed by atoms with Gasteiger partial charge in [0, 0.05) is 10.3 Å². The second-order valence-electron chi connectivity index (χ2n) is 7.62. The average Bonchev–Trinajstić information content (AvgIpc) is 3.00. The fourth-order valence-corrected chi connectivity index (χ4v) is 5.43. The quantitative estimate of drug-likeness (QED) is 0.0281. The fourth-order valence-electron chi connectivity index (χ4n) is 3.40. The Morgan fingerprint density at radius 2 is 1.30 bits per heavy atom. The molecule has 0 saturated heterocycles. The third kappa shape index (κ3) is 8.65. The van der Waals surface area contributed by atoms with Crippen LogP contribution < -0.4 is 0 Å². The average molecular weight is 673 g/mol. The van der Waals surface area contributed by atoms with E-state index in [1.807, 2.05) is 0 Å². The maximum absolute atomic E-state index is 12.2. The van der Waals surface area contributed by atoms with E-state index in [9.17, 15) is 18.1 Å². The van der Waals surface area contributed by atoms with Crippen molar-refractivity contribution in [3.05, 3.63) is 66.7 Å². The molecule has 4 aromatic rings. The van der Waals surface area contributed by atoms with Gasteiger partial charge >= 0.3 is 0 Å². The molecule has 0 radical (unpaired) electrons. The number of phenols is 1. The van der Waals surface area contributed by atoms with Crippen LogP contribution in [0, 0.1) is 0 Å². The highest BCUT2D eigenvalue weighted by atomic mass is 32.2. The summed E-state index contributed by atoms with van der Waals surface area (Å²) >= 11 is 1.75. The number of fused-ring (bicyclic) bond motifs is 1. The van der Waals surface area contributed by atoms with Crippen LogP contribution in [0.1, 0.15) is 0 Å². The molecule has 4 aromatic carbocycles. The predicted octanol–water partition coefficient (Wildman–Crippen LogP) is 7.91. The predicted molar refractivity (Wildman–Crippen MR) is 149 cm³/mol. The molecule has 0 fully saturated rings. The van der Waals surface area contributed by atoms with Crippen LogP contribution in [0.3, 0.4) is 0 Å². The molecule has 0 aliphatic carbocycles. The fraction of sp³-hybridized carbons (Fsp3) is 0. The van der Waals surface area contributed by atoms with Crippen LogP contribution in [0.2, 0.25) is 0 Å². The Bertz CT molecular complexity index is 1740. The zero-order chi connectivity index (χ0) is 30.8. The molecule has 5 N–H and O–H groups in total. The van der Waals surface area contributed by atoms with Gasteiger partial charge < -0.3 is 5.11 Å². The summed E-state index contributed by atoms with van der Waals surface area (Å²) < 4.78 is 47.5. The standard InChI is InChI=1S/C22H16N4O13S4/c27-22-20-12(2-1-3-17(20)41-38-35-29)10-18(42-39-36-30)21(22)26-25-16-9-6-14(11-19(16)43(31,32)33)24-23-13-4-7-15(8-5-13)40-37-34-28/h1-11,27-30H,(H,31,32,33). The summed E-state index contributed by atoms with van der Waals surface area (Å²) in [5.41, 5.74) is -0.169. The van der Waals surface area contributed by atoms with E-state index in [4.69, 9.17) is 15.8 Å². The van der Waals surface area contributed by atoms with Crippen molar-refractivity contribution in [2.24, 2.45) is 20.5 Å². The third-order valence-corrected chi connectivity index (χ3v) is 7.85. The van der Waals surface area contributed by atoms with Crippen molar-refractivity contribution in [2.75, 3.05) is 0 Å². The summed E-state index contributed by atoms with van der Waals surface area (Å²) in [7, 11) is -4.85. The Hall–Kier alpha value is -3.26. The highest BCUT2D eigenvalue weighted by Gasteiger charge is 2.20. The van der Waals surface area contributed by atoms with Crippen molar-refractivity contribution in [3.63, 3.8) is 0 Å². The Balaban J connectivity index is 1.71. The number of azo groups is 2. The summed E-state index contributed by atoms with van der Waals surface area (Å²) in [5, 5.41) is 63.7. The molecule has 0 bridgehead atoms. The first-order valence-electron chi connectivity index (χ1n) is 11.0. The van der Waals surface area contributed by atoms with E-state index in [2.05, 4.69) is 48.6 Å². The summed E-state index contributed by atoms with van der Waals surface area (Å²) in [6.07, 6.45) is 0. The number of rotatable bonds is 14. The molecular weight excluding hydrogens is 657 g/mol. The second-order valence-corrected chi connectivity index (χ2v) is 11.3. The normalized spacial score (nSPS) is 12.2. The summed E-state index contributed by atoms with van der Waals surface area (Å²) in [6, 6.07) is 16.1. The van der Waals surface area contributed by atoms with Gasteiger partial charge in [0.1, 0.15) is 16.3 Å². The molecule has 0 atom stereocenters. The van der Waals surface area contributed by atoms with E-state index in [0.717, 1.165) is 18.1 Å². The van der Waals surface area contributed by atoms with Gasteiger partial charge in [0.25, 0.3) is 10.1 Å². The van der Waals surface area contributed by atoms with Gasteiger partial charge in [-0.3, -0.25) is 4.55 Å². The van der Waals surface area contributed by atoms with Gasteiger partial charge in [0.05, 0.1) is 57.3 Å². The number of hydrogen-bond donors (Lipinski definition) is 5. The van der Waals surface area contributed by atoms with Crippen molar-refractivity contribution >= 4 is 79.8 Å².